The normalized spacial score (nSPS) is 15.8. The van der Waals surface area contributed by atoms with Crippen LogP contribution in [0.2, 0.25) is 0 Å². The van der Waals surface area contributed by atoms with Crippen molar-refractivity contribution in [2.75, 3.05) is 13.1 Å². The maximum atomic E-state index is 11.5. The summed E-state index contributed by atoms with van der Waals surface area (Å²) in [5.74, 6) is 0.232. The van der Waals surface area contributed by atoms with E-state index >= 15 is 0 Å². The number of carbonyl (C=O) groups excluding carboxylic acids is 1. The van der Waals surface area contributed by atoms with Gasteiger partial charge in [-0.25, -0.2) is 0 Å². The van der Waals surface area contributed by atoms with E-state index in [0.29, 0.717) is 4.88 Å². The van der Waals surface area contributed by atoms with E-state index in [2.05, 4.69) is 0 Å². The van der Waals surface area contributed by atoms with Gasteiger partial charge in [-0.1, -0.05) is 0 Å². The molecule has 0 unspecified atom stereocenters. The molecule has 1 aliphatic rings. The first-order valence-corrected chi connectivity index (χ1v) is 4.72. The fourth-order valence-electron chi connectivity index (χ4n) is 1.11. The second kappa shape index (κ2) is 2.79. The van der Waals surface area contributed by atoms with Crippen LogP contribution in [0.3, 0.4) is 0 Å². The lowest BCUT2D eigenvalue weighted by Crippen LogP contribution is -2.41. The number of nitrogens with zero attached hydrogens (tertiary/aromatic N) is 1. The van der Waals surface area contributed by atoms with Crippen LogP contribution in [0.25, 0.3) is 0 Å². The Morgan fingerprint density at radius 3 is 2.75 bits per heavy atom. The maximum Gasteiger partial charge on any atom is 0.264 e. The van der Waals surface area contributed by atoms with E-state index in [1.54, 1.807) is 10.3 Å². The molecular weight excluding hydrogens is 174 g/mol. The number of likely N-dealkylation sites (tertiary alicyclic amines) is 1. The molecule has 1 saturated heterocycles. The van der Waals surface area contributed by atoms with Crippen LogP contribution >= 0.6 is 11.3 Å². The molecule has 1 amide bonds. The van der Waals surface area contributed by atoms with Gasteiger partial charge in [-0.05, 0) is 6.42 Å². The van der Waals surface area contributed by atoms with Crippen LogP contribution < -0.4 is 0 Å². The third-order valence-corrected chi connectivity index (χ3v) is 2.85. The summed E-state index contributed by atoms with van der Waals surface area (Å²) in [4.78, 5) is 13.9. The summed E-state index contributed by atoms with van der Waals surface area (Å²) in [6.07, 6.45) is 1.10. The molecule has 0 saturated carbocycles. The van der Waals surface area contributed by atoms with E-state index in [9.17, 15) is 4.79 Å². The lowest BCUT2D eigenvalue weighted by atomic mass is 10.2. The molecule has 3 nitrogen and oxygen atoms in total. The molecule has 64 valence electrons. The van der Waals surface area contributed by atoms with Gasteiger partial charge in [0.1, 0.15) is 5.75 Å². The standard InChI is InChI=1S/C8H9NO2S/c10-6-4-7(12-5-6)8(11)9-2-1-3-9/h4-5,10H,1-3H2. The van der Waals surface area contributed by atoms with Crippen molar-refractivity contribution in [3.63, 3.8) is 0 Å². The smallest absolute Gasteiger partial charge is 0.264 e. The molecule has 2 rings (SSSR count). The van der Waals surface area contributed by atoms with Gasteiger partial charge < -0.3 is 10.0 Å². The number of thiophene rings is 1. The Kier molecular flexibility index (Phi) is 1.77. The van der Waals surface area contributed by atoms with E-state index < -0.39 is 0 Å². The minimum atomic E-state index is 0.0477. The Bertz CT molecular complexity index is 304. The van der Waals surface area contributed by atoms with Crippen LogP contribution in [0.15, 0.2) is 11.4 Å². The van der Waals surface area contributed by atoms with Crippen molar-refractivity contribution in [3.05, 3.63) is 16.3 Å². The average Bonchev–Trinajstić information content (AvgIpc) is 2.31. The first-order valence-electron chi connectivity index (χ1n) is 3.84. The first-order chi connectivity index (χ1) is 5.77. The fourth-order valence-corrected chi connectivity index (χ4v) is 1.85. The largest absolute Gasteiger partial charge is 0.507 e. The van der Waals surface area contributed by atoms with Crippen LogP contribution in [-0.2, 0) is 0 Å². The average molecular weight is 183 g/mol. The lowest BCUT2D eigenvalue weighted by molar-refractivity contribution is 0.0656. The number of aromatic hydroxyl groups is 1. The van der Waals surface area contributed by atoms with Crippen molar-refractivity contribution < 1.29 is 9.90 Å². The van der Waals surface area contributed by atoms with Gasteiger partial charge in [-0.2, -0.15) is 0 Å². The van der Waals surface area contributed by atoms with Crippen LogP contribution in [0.1, 0.15) is 16.1 Å². The molecule has 1 fully saturated rings. The van der Waals surface area contributed by atoms with Crippen molar-refractivity contribution in [1.82, 2.24) is 4.90 Å². The van der Waals surface area contributed by atoms with Crippen LogP contribution in [-0.4, -0.2) is 29.0 Å². The van der Waals surface area contributed by atoms with E-state index in [0.717, 1.165) is 19.5 Å². The monoisotopic (exact) mass is 183 g/mol. The fraction of sp³-hybridized carbons (Fsp3) is 0.375. The quantitative estimate of drug-likeness (QED) is 0.713. The van der Waals surface area contributed by atoms with Gasteiger partial charge in [0, 0.05) is 24.5 Å². The summed E-state index contributed by atoms with van der Waals surface area (Å²) in [7, 11) is 0. The van der Waals surface area contributed by atoms with Crippen molar-refractivity contribution in [1.29, 1.82) is 0 Å². The van der Waals surface area contributed by atoms with Gasteiger partial charge in [0.2, 0.25) is 0 Å². The number of amides is 1. The minimum Gasteiger partial charge on any atom is -0.507 e. The molecule has 0 radical (unpaired) electrons. The second-order valence-corrected chi connectivity index (χ2v) is 3.73. The Labute approximate surface area is 74.2 Å². The van der Waals surface area contributed by atoms with E-state index in [-0.39, 0.29) is 11.7 Å². The summed E-state index contributed by atoms with van der Waals surface area (Å²) in [6.45, 7) is 1.72. The first kappa shape index (κ1) is 7.61. The third kappa shape index (κ3) is 1.18. The topological polar surface area (TPSA) is 40.5 Å². The summed E-state index contributed by atoms with van der Waals surface area (Å²) in [6, 6.07) is 1.52. The van der Waals surface area contributed by atoms with Gasteiger partial charge in [0.05, 0.1) is 4.88 Å². The van der Waals surface area contributed by atoms with Gasteiger partial charge in [-0.3, -0.25) is 4.79 Å². The van der Waals surface area contributed by atoms with E-state index in [1.807, 2.05) is 0 Å². The molecule has 2 heterocycles. The van der Waals surface area contributed by atoms with Crippen LogP contribution in [0, 0.1) is 0 Å². The van der Waals surface area contributed by atoms with Crippen molar-refractivity contribution in [2.24, 2.45) is 0 Å². The van der Waals surface area contributed by atoms with Gasteiger partial charge in [-0.15, -0.1) is 11.3 Å². The minimum absolute atomic E-state index is 0.0477. The molecule has 1 aromatic rings. The lowest BCUT2D eigenvalue weighted by Gasteiger charge is -2.30. The van der Waals surface area contributed by atoms with Crippen molar-refractivity contribution in [2.45, 2.75) is 6.42 Å². The molecule has 0 atom stereocenters. The molecule has 1 aliphatic heterocycles. The number of carbonyl (C=O) groups is 1. The zero-order valence-corrected chi connectivity index (χ0v) is 7.30. The molecule has 1 N–H and O–H groups in total. The Morgan fingerprint density at radius 2 is 2.33 bits per heavy atom. The highest BCUT2D eigenvalue weighted by Gasteiger charge is 2.22. The van der Waals surface area contributed by atoms with Gasteiger partial charge in [0.15, 0.2) is 0 Å². The summed E-state index contributed by atoms with van der Waals surface area (Å²) in [5, 5.41) is 10.6. The van der Waals surface area contributed by atoms with E-state index in [1.165, 1.54) is 17.4 Å². The third-order valence-electron chi connectivity index (χ3n) is 1.94. The number of rotatable bonds is 1. The summed E-state index contributed by atoms with van der Waals surface area (Å²) in [5.41, 5.74) is 0. The molecule has 1 aromatic heterocycles. The van der Waals surface area contributed by atoms with Crippen molar-refractivity contribution in [3.8, 4) is 5.75 Å². The van der Waals surface area contributed by atoms with Crippen molar-refractivity contribution >= 4 is 17.2 Å². The van der Waals surface area contributed by atoms with Gasteiger partial charge >= 0.3 is 0 Å². The highest BCUT2D eigenvalue weighted by molar-refractivity contribution is 7.12. The van der Waals surface area contributed by atoms with Gasteiger partial charge in [0.25, 0.3) is 5.91 Å². The molecule has 4 heteroatoms. The molecule has 0 bridgehead atoms. The predicted octanol–water partition coefficient (Wildman–Crippen LogP) is 1.30. The van der Waals surface area contributed by atoms with Crippen LogP contribution in [0.4, 0.5) is 0 Å². The Morgan fingerprint density at radius 1 is 1.58 bits per heavy atom. The molecule has 0 spiro atoms. The molecule has 0 aromatic carbocycles. The zero-order valence-electron chi connectivity index (χ0n) is 6.49. The highest BCUT2D eigenvalue weighted by atomic mass is 32.1. The van der Waals surface area contributed by atoms with E-state index in [4.69, 9.17) is 5.11 Å². The zero-order chi connectivity index (χ0) is 8.55. The Hall–Kier alpha value is -1.03. The number of hydrogen-bond acceptors (Lipinski definition) is 3. The molecular formula is C8H9NO2S. The van der Waals surface area contributed by atoms with Crippen LogP contribution in [0.5, 0.6) is 5.75 Å². The number of hydrogen-bond donors (Lipinski definition) is 1. The second-order valence-electron chi connectivity index (χ2n) is 2.81. The highest BCUT2D eigenvalue weighted by Crippen LogP contribution is 2.22. The maximum absolute atomic E-state index is 11.5. The SMILES string of the molecule is O=C(c1cc(O)cs1)N1CCC1. The predicted molar refractivity (Wildman–Crippen MR) is 46.5 cm³/mol. The molecule has 0 aliphatic carbocycles. The molecule has 12 heavy (non-hydrogen) atoms. The summed E-state index contributed by atoms with van der Waals surface area (Å²) >= 11 is 1.29. The Balaban J connectivity index is 2.13. The summed E-state index contributed by atoms with van der Waals surface area (Å²) < 4.78 is 0.